The normalized spacial score (nSPS) is 10.4. The molecule has 0 saturated heterocycles. The lowest BCUT2D eigenvalue weighted by Crippen LogP contribution is -2.05. The summed E-state index contributed by atoms with van der Waals surface area (Å²) in [5, 5.41) is 21.9. The van der Waals surface area contributed by atoms with Crippen molar-refractivity contribution < 1.29 is 15.0 Å². The molecule has 0 spiro atoms. The van der Waals surface area contributed by atoms with Crippen LogP contribution in [-0.4, -0.2) is 27.7 Å². The van der Waals surface area contributed by atoms with Gasteiger partial charge in [-0.3, -0.25) is 4.79 Å². The van der Waals surface area contributed by atoms with Crippen LogP contribution in [0.3, 0.4) is 0 Å². The van der Waals surface area contributed by atoms with Gasteiger partial charge in [0.25, 0.3) is 0 Å². The molecule has 0 unspecified atom stereocenters. The predicted molar refractivity (Wildman–Crippen MR) is 78.5 cm³/mol. The van der Waals surface area contributed by atoms with Gasteiger partial charge in [-0.05, 0) is 31.0 Å². The smallest absolute Gasteiger partial charge is 0.309 e. The minimum absolute atomic E-state index is 0.0397. The van der Waals surface area contributed by atoms with Crippen LogP contribution in [-0.2, 0) is 17.6 Å². The van der Waals surface area contributed by atoms with Gasteiger partial charge in [0.05, 0.1) is 12.1 Å². The zero-order valence-electron chi connectivity index (χ0n) is 11.1. The minimum Gasteiger partial charge on any atom is -0.508 e. The molecule has 6 heteroatoms. The van der Waals surface area contributed by atoms with E-state index in [9.17, 15) is 9.90 Å². The summed E-state index contributed by atoms with van der Waals surface area (Å²) in [7, 11) is 0. The van der Waals surface area contributed by atoms with Crippen LogP contribution in [0.2, 0.25) is 0 Å². The van der Waals surface area contributed by atoms with E-state index in [0.717, 1.165) is 22.0 Å². The van der Waals surface area contributed by atoms with Crippen LogP contribution in [0.4, 0.5) is 5.13 Å². The summed E-state index contributed by atoms with van der Waals surface area (Å²) in [6.07, 6.45) is 0.773. The molecule has 0 amide bonds. The largest absolute Gasteiger partial charge is 0.508 e. The maximum atomic E-state index is 10.7. The number of rotatable bonds is 6. The number of aliphatic carboxylic acids is 1. The topological polar surface area (TPSA) is 82.5 Å². The molecule has 0 aliphatic rings. The van der Waals surface area contributed by atoms with E-state index in [1.54, 1.807) is 12.1 Å². The maximum absolute atomic E-state index is 10.7. The first-order valence-electron chi connectivity index (χ1n) is 6.24. The zero-order chi connectivity index (χ0) is 14.5. The first-order valence-corrected chi connectivity index (χ1v) is 7.06. The summed E-state index contributed by atoms with van der Waals surface area (Å²) in [4.78, 5) is 15.9. The van der Waals surface area contributed by atoms with Gasteiger partial charge in [0.15, 0.2) is 5.13 Å². The van der Waals surface area contributed by atoms with Gasteiger partial charge in [-0.25, -0.2) is 4.98 Å². The predicted octanol–water partition coefficient (Wildman–Crippen LogP) is 2.44. The Hall–Kier alpha value is -2.08. The lowest BCUT2D eigenvalue weighted by atomic mass is 10.1. The van der Waals surface area contributed by atoms with Crippen LogP contribution >= 0.6 is 11.3 Å². The van der Waals surface area contributed by atoms with Crippen LogP contribution in [0.15, 0.2) is 24.3 Å². The van der Waals surface area contributed by atoms with E-state index in [2.05, 4.69) is 10.3 Å². The average Bonchev–Trinajstić information content (AvgIpc) is 2.72. The number of nitrogens with zero attached hydrogens (tertiary/aromatic N) is 1. The highest BCUT2D eigenvalue weighted by Gasteiger charge is 2.10. The Labute approximate surface area is 120 Å². The van der Waals surface area contributed by atoms with Crippen molar-refractivity contribution in [3.05, 3.63) is 40.4 Å². The highest BCUT2D eigenvalue weighted by atomic mass is 32.1. The molecular weight excluding hydrogens is 276 g/mol. The van der Waals surface area contributed by atoms with Crippen molar-refractivity contribution in [1.29, 1.82) is 0 Å². The molecule has 5 nitrogen and oxygen atoms in total. The Morgan fingerprint density at radius 1 is 1.35 bits per heavy atom. The fourth-order valence-corrected chi connectivity index (χ4v) is 2.64. The molecule has 1 aromatic carbocycles. The average molecular weight is 292 g/mol. The Kier molecular flexibility index (Phi) is 4.57. The minimum atomic E-state index is -0.867. The molecule has 106 valence electrons. The summed E-state index contributed by atoms with van der Waals surface area (Å²) < 4.78 is 0. The summed E-state index contributed by atoms with van der Waals surface area (Å²) in [5.74, 6) is -0.607. The van der Waals surface area contributed by atoms with Crippen LogP contribution in [0.25, 0.3) is 0 Å². The van der Waals surface area contributed by atoms with Gasteiger partial charge in [-0.15, -0.1) is 11.3 Å². The van der Waals surface area contributed by atoms with Gasteiger partial charge in [0, 0.05) is 11.4 Å². The van der Waals surface area contributed by atoms with Crippen molar-refractivity contribution in [3.8, 4) is 5.75 Å². The molecule has 1 heterocycles. The van der Waals surface area contributed by atoms with E-state index in [-0.39, 0.29) is 12.2 Å². The second-order valence-corrected chi connectivity index (χ2v) is 5.64. The van der Waals surface area contributed by atoms with Crippen LogP contribution in [0.1, 0.15) is 16.1 Å². The summed E-state index contributed by atoms with van der Waals surface area (Å²) in [5.41, 5.74) is 1.74. The molecule has 0 saturated carbocycles. The fourth-order valence-electron chi connectivity index (χ4n) is 1.79. The van der Waals surface area contributed by atoms with Gasteiger partial charge >= 0.3 is 5.97 Å². The molecule has 0 atom stereocenters. The molecule has 0 bridgehead atoms. The van der Waals surface area contributed by atoms with Crippen molar-refractivity contribution in [3.63, 3.8) is 0 Å². The van der Waals surface area contributed by atoms with Crippen molar-refractivity contribution in [1.82, 2.24) is 4.98 Å². The van der Waals surface area contributed by atoms with Crippen molar-refractivity contribution in [2.24, 2.45) is 0 Å². The molecular formula is C14H16N2O3S. The third-order valence-corrected chi connectivity index (χ3v) is 3.81. The van der Waals surface area contributed by atoms with E-state index in [1.807, 2.05) is 19.1 Å². The molecule has 20 heavy (non-hydrogen) atoms. The second kappa shape index (κ2) is 6.38. The maximum Gasteiger partial charge on any atom is 0.309 e. The number of thiazole rings is 1. The van der Waals surface area contributed by atoms with Gasteiger partial charge in [-0.1, -0.05) is 12.1 Å². The Morgan fingerprint density at radius 2 is 2.05 bits per heavy atom. The van der Waals surface area contributed by atoms with E-state index < -0.39 is 5.97 Å². The number of hydrogen-bond donors (Lipinski definition) is 3. The van der Waals surface area contributed by atoms with Gasteiger partial charge < -0.3 is 15.5 Å². The van der Waals surface area contributed by atoms with E-state index in [1.165, 1.54) is 11.3 Å². The number of hydrogen-bond acceptors (Lipinski definition) is 5. The monoisotopic (exact) mass is 292 g/mol. The molecule has 2 rings (SSSR count). The second-order valence-electron chi connectivity index (χ2n) is 4.44. The number of aromatic nitrogens is 1. The summed E-state index contributed by atoms with van der Waals surface area (Å²) >= 11 is 1.47. The standard InChI is InChI=1S/C14H16N2O3S/c1-9-12(8-13(18)19)16-14(20-9)15-7-6-10-2-4-11(17)5-3-10/h2-5,17H,6-8H2,1H3,(H,15,16)(H,18,19). The van der Waals surface area contributed by atoms with Gasteiger partial charge in [0.1, 0.15) is 5.75 Å². The Balaban J connectivity index is 1.88. The number of benzene rings is 1. The SMILES string of the molecule is Cc1sc(NCCc2ccc(O)cc2)nc1CC(=O)O. The molecule has 1 aromatic heterocycles. The number of carboxylic acids is 1. The van der Waals surface area contributed by atoms with E-state index >= 15 is 0 Å². The number of aromatic hydroxyl groups is 1. The summed E-state index contributed by atoms with van der Waals surface area (Å²) in [6, 6.07) is 7.07. The fraction of sp³-hybridized carbons (Fsp3) is 0.286. The molecule has 3 N–H and O–H groups in total. The number of aryl methyl sites for hydroxylation is 1. The quantitative estimate of drug-likeness (QED) is 0.761. The zero-order valence-corrected chi connectivity index (χ0v) is 11.9. The lowest BCUT2D eigenvalue weighted by molar-refractivity contribution is -0.136. The van der Waals surface area contributed by atoms with Crippen LogP contribution in [0, 0.1) is 6.92 Å². The van der Waals surface area contributed by atoms with Gasteiger partial charge in [-0.2, -0.15) is 0 Å². The number of carboxylic acid groups (broad SMARTS) is 1. The summed E-state index contributed by atoms with van der Waals surface area (Å²) in [6.45, 7) is 2.59. The van der Waals surface area contributed by atoms with E-state index in [4.69, 9.17) is 5.11 Å². The molecule has 0 radical (unpaired) electrons. The first-order chi connectivity index (χ1) is 9.54. The van der Waals surface area contributed by atoms with E-state index in [0.29, 0.717) is 12.2 Å². The Bertz CT molecular complexity index is 593. The molecule has 0 aliphatic heterocycles. The molecule has 2 aromatic rings. The number of phenols is 1. The van der Waals surface area contributed by atoms with Crippen molar-refractivity contribution >= 4 is 22.4 Å². The highest BCUT2D eigenvalue weighted by molar-refractivity contribution is 7.15. The third-order valence-electron chi connectivity index (χ3n) is 2.84. The highest BCUT2D eigenvalue weighted by Crippen LogP contribution is 2.22. The van der Waals surface area contributed by atoms with Crippen molar-refractivity contribution in [2.75, 3.05) is 11.9 Å². The van der Waals surface area contributed by atoms with Crippen LogP contribution in [0.5, 0.6) is 5.75 Å². The number of carbonyl (C=O) groups is 1. The molecule has 0 fully saturated rings. The number of anilines is 1. The first kappa shape index (κ1) is 14.3. The van der Waals surface area contributed by atoms with Crippen molar-refractivity contribution in [2.45, 2.75) is 19.8 Å². The molecule has 0 aliphatic carbocycles. The van der Waals surface area contributed by atoms with Crippen LogP contribution < -0.4 is 5.32 Å². The Morgan fingerprint density at radius 3 is 2.70 bits per heavy atom. The van der Waals surface area contributed by atoms with Gasteiger partial charge in [0.2, 0.25) is 0 Å². The number of phenolic OH excluding ortho intramolecular Hbond substituents is 1. The number of nitrogens with one attached hydrogen (secondary N) is 1. The third kappa shape index (κ3) is 3.96. The lowest BCUT2D eigenvalue weighted by Gasteiger charge is -2.03.